The van der Waals surface area contributed by atoms with Crippen molar-refractivity contribution >= 4 is 6.16 Å². The number of ether oxygens (including phenoxy) is 4. The lowest BCUT2D eigenvalue weighted by atomic mass is 10.1. The Labute approximate surface area is 177 Å². The van der Waals surface area contributed by atoms with Crippen molar-refractivity contribution in [1.29, 1.82) is 0 Å². The third kappa shape index (κ3) is 7.30. The molecule has 2 aromatic rings. The molecule has 0 spiro atoms. The fraction of sp³-hybridized carbons (Fsp3) is 0.522. The summed E-state index contributed by atoms with van der Waals surface area (Å²) < 4.78 is 21.2. The number of carbonyl (C=O) groups is 1. The Kier molecular flexibility index (Phi) is 8.90. The molecule has 7 heteroatoms. The Balaban J connectivity index is 1.41. The summed E-state index contributed by atoms with van der Waals surface area (Å²) in [5.41, 5.74) is 0.857. The summed E-state index contributed by atoms with van der Waals surface area (Å²) >= 11 is 0. The molecule has 0 bridgehead atoms. The third-order valence-corrected chi connectivity index (χ3v) is 4.82. The third-order valence-electron chi connectivity index (χ3n) is 4.82. The highest BCUT2D eigenvalue weighted by molar-refractivity contribution is 5.64. The van der Waals surface area contributed by atoms with E-state index >= 15 is 0 Å². The second-order valence-corrected chi connectivity index (χ2v) is 7.30. The lowest BCUT2D eigenvalue weighted by Gasteiger charge is -2.10. The van der Waals surface area contributed by atoms with Gasteiger partial charge < -0.3 is 18.9 Å². The first kappa shape index (κ1) is 22.0. The van der Waals surface area contributed by atoms with Crippen molar-refractivity contribution in [2.45, 2.75) is 64.6 Å². The number of hydrogen-bond donors (Lipinski definition) is 0. The second kappa shape index (κ2) is 12.1. The Morgan fingerprint density at radius 3 is 2.47 bits per heavy atom. The predicted molar refractivity (Wildman–Crippen MR) is 112 cm³/mol. The van der Waals surface area contributed by atoms with E-state index in [4.69, 9.17) is 18.9 Å². The molecule has 1 aromatic carbocycles. The second-order valence-electron chi connectivity index (χ2n) is 7.30. The maximum atomic E-state index is 11.7. The van der Waals surface area contributed by atoms with E-state index in [-0.39, 0.29) is 5.75 Å². The highest BCUT2D eigenvalue weighted by Crippen LogP contribution is 2.21. The quantitative estimate of drug-likeness (QED) is 0.353. The highest BCUT2D eigenvalue weighted by atomic mass is 16.8. The van der Waals surface area contributed by atoms with Crippen molar-refractivity contribution in [3.8, 4) is 22.9 Å². The molecule has 0 unspecified atom stereocenters. The molecule has 0 saturated carbocycles. The smallest absolute Gasteiger partial charge is 0.494 e. The van der Waals surface area contributed by atoms with E-state index in [1.165, 1.54) is 44.5 Å². The Morgan fingerprint density at radius 2 is 1.77 bits per heavy atom. The Hall–Kier alpha value is -2.67. The number of benzene rings is 1. The van der Waals surface area contributed by atoms with Gasteiger partial charge in [0.05, 0.1) is 25.6 Å². The van der Waals surface area contributed by atoms with Gasteiger partial charge in [-0.3, -0.25) is 0 Å². The van der Waals surface area contributed by atoms with Crippen molar-refractivity contribution in [3.63, 3.8) is 0 Å². The Morgan fingerprint density at radius 1 is 1.03 bits per heavy atom. The number of carbonyl (C=O) groups excluding carboxylic acids is 1. The SMILES string of the molecule is CCCCCCCCOc1ccc(-c2ncc(OC(=O)O[C@@H]3CCCO3)cn2)cc1. The van der Waals surface area contributed by atoms with Crippen LogP contribution in [0.2, 0.25) is 0 Å². The fourth-order valence-electron chi connectivity index (χ4n) is 3.16. The zero-order valence-corrected chi connectivity index (χ0v) is 17.5. The molecule has 3 rings (SSSR count). The molecule has 0 aliphatic carbocycles. The molecule has 0 amide bonds. The van der Waals surface area contributed by atoms with Crippen LogP contribution < -0.4 is 9.47 Å². The van der Waals surface area contributed by atoms with Gasteiger partial charge in [-0.1, -0.05) is 39.0 Å². The summed E-state index contributed by atoms with van der Waals surface area (Å²) in [5, 5.41) is 0. The fourth-order valence-corrected chi connectivity index (χ4v) is 3.16. The van der Waals surface area contributed by atoms with Crippen LogP contribution >= 0.6 is 0 Å². The summed E-state index contributed by atoms with van der Waals surface area (Å²) in [6.45, 7) is 3.55. The molecule has 0 N–H and O–H groups in total. The lowest BCUT2D eigenvalue weighted by Crippen LogP contribution is -2.19. The lowest BCUT2D eigenvalue weighted by molar-refractivity contribution is -0.0809. The number of unbranched alkanes of at least 4 members (excludes halogenated alkanes) is 5. The van der Waals surface area contributed by atoms with E-state index in [1.54, 1.807) is 0 Å². The van der Waals surface area contributed by atoms with Gasteiger partial charge in [-0.05, 0) is 37.1 Å². The molecule has 2 heterocycles. The van der Waals surface area contributed by atoms with Crippen LogP contribution in [0.15, 0.2) is 36.7 Å². The first-order valence-electron chi connectivity index (χ1n) is 10.8. The molecule has 7 nitrogen and oxygen atoms in total. The van der Waals surface area contributed by atoms with E-state index in [2.05, 4.69) is 16.9 Å². The first-order chi connectivity index (χ1) is 14.7. The minimum Gasteiger partial charge on any atom is -0.494 e. The topological polar surface area (TPSA) is 79.8 Å². The van der Waals surface area contributed by atoms with Crippen LogP contribution in [-0.4, -0.2) is 35.6 Å². The van der Waals surface area contributed by atoms with Gasteiger partial charge in [0.15, 0.2) is 11.6 Å². The predicted octanol–water partition coefficient (Wildman–Crippen LogP) is 5.53. The monoisotopic (exact) mass is 414 g/mol. The summed E-state index contributed by atoms with van der Waals surface area (Å²) in [6.07, 6.45) is 10.6. The normalized spacial score (nSPS) is 15.7. The standard InChI is InChI=1S/C23H30N2O5/c1-2-3-4-5-6-7-14-27-19-12-10-18(11-13-19)22-24-16-20(17-25-22)29-23(26)30-21-9-8-15-28-21/h10-13,16-17,21H,2-9,14-15H2,1H3/t21-/m1/s1. The number of aromatic nitrogens is 2. The largest absolute Gasteiger partial charge is 0.516 e. The van der Waals surface area contributed by atoms with E-state index in [0.29, 0.717) is 18.9 Å². The molecule has 30 heavy (non-hydrogen) atoms. The molecule has 1 atom stereocenters. The van der Waals surface area contributed by atoms with Crippen LogP contribution in [0.5, 0.6) is 11.5 Å². The van der Waals surface area contributed by atoms with Crippen molar-refractivity contribution < 1.29 is 23.7 Å². The summed E-state index contributed by atoms with van der Waals surface area (Å²) in [6, 6.07) is 7.66. The van der Waals surface area contributed by atoms with Crippen LogP contribution in [0.3, 0.4) is 0 Å². The van der Waals surface area contributed by atoms with E-state index < -0.39 is 12.4 Å². The summed E-state index contributed by atoms with van der Waals surface area (Å²) in [7, 11) is 0. The van der Waals surface area contributed by atoms with Gasteiger partial charge in [-0.15, -0.1) is 0 Å². The van der Waals surface area contributed by atoms with Crippen LogP contribution in [-0.2, 0) is 9.47 Å². The van der Waals surface area contributed by atoms with Crippen molar-refractivity contribution in [1.82, 2.24) is 9.97 Å². The van der Waals surface area contributed by atoms with E-state index in [0.717, 1.165) is 30.8 Å². The molecule has 1 aliphatic rings. The molecule has 0 radical (unpaired) electrons. The molecule has 1 aliphatic heterocycles. The minimum atomic E-state index is -0.815. The van der Waals surface area contributed by atoms with Gasteiger partial charge in [0.25, 0.3) is 0 Å². The molecule has 162 valence electrons. The van der Waals surface area contributed by atoms with Crippen LogP contribution in [0.4, 0.5) is 4.79 Å². The average molecular weight is 415 g/mol. The van der Waals surface area contributed by atoms with Gasteiger partial charge in [-0.2, -0.15) is 0 Å². The van der Waals surface area contributed by atoms with Crippen molar-refractivity contribution in [2.75, 3.05) is 13.2 Å². The van der Waals surface area contributed by atoms with Gasteiger partial charge in [0.2, 0.25) is 6.29 Å². The van der Waals surface area contributed by atoms with Crippen molar-refractivity contribution in [3.05, 3.63) is 36.7 Å². The summed E-state index contributed by atoms with van der Waals surface area (Å²) in [4.78, 5) is 20.3. The van der Waals surface area contributed by atoms with E-state index in [9.17, 15) is 4.79 Å². The van der Waals surface area contributed by atoms with E-state index in [1.807, 2.05) is 24.3 Å². The number of nitrogens with zero attached hydrogens (tertiary/aromatic N) is 2. The number of rotatable bonds is 11. The Bertz CT molecular complexity index is 758. The maximum Gasteiger partial charge on any atom is 0.516 e. The maximum absolute atomic E-state index is 11.7. The first-order valence-corrected chi connectivity index (χ1v) is 10.8. The molecular weight excluding hydrogens is 384 g/mol. The molecular formula is C23H30N2O5. The summed E-state index contributed by atoms with van der Waals surface area (Å²) in [5.74, 6) is 1.60. The van der Waals surface area contributed by atoms with Gasteiger partial charge in [0, 0.05) is 12.0 Å². The number of hydrogen-bond acceptors (Lipinski definition) is 7. The minimum absolute atomic E-state index is 0.223. The van der Waals surface area contributed by atoms with Crippen LogP contribution in [0, 0.1) is 0 Å². The highest BCUT2D eigenvalue weighted by Gasteiger charge is 2.21. The zero-order chi connectivity index (χ0) is 21.0. The van der Waals surface area contributed by atoms with Crippen LogP contribution in [0.25, 0.3) is 11.4 Å². The zero-order valence-electron chi connectivity index (χ0n) is 17.5. The molecule has 1 aromatic heterocycles. The molecule has 1 fully saturated rings. The average Bonchev–Trinajstić information content (AvgIpc) is 3.27. The van der Waals surface area contributed by atoms with Gasteiger partial charge in [0.1, 0.15) is 5.75 Å². The van der Waals surface area contributed by atoms with Crippen LogP contribution in [0.1, 0.15) is 58.3 Å². The van der Waals surface area contributed by atoms with Crippen molar-refractivity contribution in [2.24, 2.45) is 0 Å². The van der Waals surface area contributed by atoms with Gasteiger partial charge in [-0.25, -0.2) is 14.8 Å². The molecule has 1 saturated heterocycles. The van der Waals surface area contributed by atoms with Gasteiger partial charge >= 0.3 is 6.16 Å².